The van der Waals surface area contributed by atoms with Crippen LogP contribution in [0.2, 0.25) is 0 Å². The molecule has 0 atom stereocenters. The Morgan fingerprint density at radius 2 is 2.18 bits per heavy atom. The summed E-state index contributed by atoms with van der Waals surface area (Å²) in [5.74, 6) is -1.39. The Bertz CT molecular complexity index is 426. The normalized spacial score (nSPS) is 16.7. The van der Waals surface area contributed by atoms with Crippen molar-refractivity contribution in [2.75, 3.05) is 13.1 Å². The Morgan fingerprint density at radius 3 is 2.76 bits per heavy atom. The third-order valence-electron chi connectivity index (χ3n) is 2.59. The predicted octanol–water partition coefficient (Wildman–Crippen LogP) is 0.323. The first-order valence-corrected chi connectivity index (χ1v) is 6.25. The molecule has 0 aromatic carbocycles. The molecular formula is C10H13N3O3S. The number of nitrogens with zero attached hydrogens (tertiary/aromatic N) is 1. The van der Waals surface area contributed by atoms with Crippen molar-refractivity contribution >= 4 is 23.2 Å². The van der Waals surface area contributed by atoms with Gasteiger partial charge in [0.05, 0.1) is 0 Å². The second kappa shape index (κ2) is 5.24. The number of aromatic carboxylic acids is 1. The molecule has 6 nitrogen and oxygen atoms in total. The topological polar surface area (TPSA) is 91.3 Å². The minimum atomic E-state index is -1.11. The van der Waals surface area contributed by atoms with Crippen LogP contribution in [-0.2, 0) is 0 Å². The molecule has 0 radical (unpaired) electrons. The Balaban J connectivity index is 1.96. The molecule has 0 bridgehead atoms. The molecule has 1 amide bonds. The lowest BCUT2D eigenvalue weighted by Gasteiger charge is -2.23. The largest absolute Gasteiger partial charge is 0.476 e. The fourth-order valence-electron chi connectivity index (χ4n) is 1.69. The molecule has 1 aliphatic rings. The van der Waals surface area contributed by atoms with Crippen LogP contribution in [0.3, 0.4) is 0 Å². The number of hydrogen-bond acceptors (Lipinski definition) is 5. The second-order valence-corrected chi connectivity index (χ2v) is 4.70. The van der Waals surface area contributed by atoms with Gasteiger partial charge in [-0.05, 0) is 25.9 Å². The molecule has 3 N–H and O–H groups in total. The highest BCUT2D eigenvalue weighted by atomic mass is 32.1. The number of carboxylic acid groups (broad SMARTS) is 1. The number of aromatic nitrogens is 1. The first-order valence-electron chi connectivity index (χ1n) is 5.37. The molecule has 1 fully saturated rings. The van der Waals surface area contributed by atoms with Crippen LogP contribution in [0.5, 0.6) is 0 Å². The molecular weight excluding hydrogens is 242 g/mol. The average molecular weight is 255 g/mol. The van der Waals surface area contributed by atoms with E-state index in [0.717, 1.165) is 37.3 Å². The molecule has 1 aromatic rings. The van der Waals surface area contributed by atoms with Crippen LogP contribution in [0.15, 0.2) is 5.38 Å². The molecule has 0 saturated carbocycles. The summed E-state index contributed by atoms with van der Waals surface area (Å²) in [6.45, 7) is 1.78. The van der Waals surface area contributed by atoms with Crippen molar-refractivity contribution in [3.63, 3.8) is 0 Å². The standard InChI is InChI=1S/C10H13N3O3S/c14-8(12-6-1-3-11-4-2-6)9-13-7(5-17-9)10(15)16/h5-6,11H,1-4H2,(H,12,14)(H,15,16). The molecule has 0 spiro atoms. The van der Waals surface area contributed by atoms with Gasteiger partial charge in [-0.15, -0.1) is 11.3 Å². The predicted molar refractivity (Wildman–Crippen MR) is 62.4 cm³/mol. The van der Waals surface area contributed by atoms with Crippen molar-refractivity contribution in [3.8, 4) is 0 Å². The summed E-state index contributed by atoms with van der Waals surface area (Å²) in [6, 6.07) is 0.154. The Hall–Kier alpha value is -1.47. The van der Waals surface area contributed by atoms with Crippen molar-refractivity contribution in [2.24, 2.45) is 0 Å². The van der Waals surface area contributed by atoms with E-state index in [2.05, 4.69) is 15.6 Å². The highest BCUT2D eigenvalue weighted by Gasteiger charge is 2.19. The maximum atomic E-state index is 11.8. The van der Waals surface area contributed by atoms with Gasteiger partial charge in [-0.3, -0.25) is 4.79 Å². The number of amides is 1. The van der Waals surface area contributed by atoms with Gasteiger partial charge in [0, 0.05) is 11.4 Å². The fourth-order valence-corrected chi connectivity index (χ4v) is 2.38. The van der Waals surface area contributed by atoms with E-state index in [1.807, 2.05) is 0 Å². The monoisotopic (exact) mass is 255 g/mol. The van der Waals surface area contributed by atoms with Gasteiger partial charge in [0.25, 0.3) is 5.91 Å². The van der Waals surface area contributed by atoms with Crippen LogP contribution in [-0.4, -0.2) is 41.1 Å². The zero-order chi connectivity index (χ0) is 12.3. The number of carboxylic acids is 1. The lowest BCUT2D eigenvalue weighted by molar-refractivity contribution is 0.0691. The molecule has 1 saturated heterocycles. The van der Waals surface area contributed by atoms with Gasteiger partial charge in [0.2, 0.25) is 0 Å². The first-order chi connectivity index (χ1) is 8.16. The number of piperidine rings is 1. The minimum absolute atomic E-state index is 0.0783. The summed E-state index contributed by atoms with van der Waals surface area (Å²) in [7, 11) is 0. The highest BCUT2D eigenvalue weighted by molar-refractivity contribution is 7.11. The van der Waals surface area contributed by atoms with Crippen molar-refractivity contribution in [2.45, 2.75) is 18.9 Å². The molecule has 1 aliphatic heterocycles. The van der Waals surface area contributed by atoms with Gasteiger partial charge in [-0.2, -0.15) is 0 Å². The quantitative estimate of drug-likeness (QED) is 0.723. The van der Waals surface area contributed by atoms with Crippen molar-refractivity contribution < 1.29 is 14.7 Å². The highest BCUT2D eigenvalue weighted by Crippen LogP contribution is 2.11. The smallest absolute Gasteiger partial charge is 0.355 e. The second-order valence-electron chi connectivity index (χ2n) is 3.84. The summed E-state index contributed by atoms with van der Waals surface area (Å²) in [5, 5.41) is 16.4. The molecule has 0 aliphatic carbocycles. The minimum Gasteiger partial charge on any atom is -0.476 e. The zero-order valence-corrected chi connectivity index (χ0v) is 9.92. The van der Waals surface area contributed by atoms with Gasteiger partial charge in [-0.25, -0.2) is 9.78 Å². The third-order valence-corrected chi connectivity index (χ3v) is 3.43. The number of nitrogens with one attached hydrogen (secondary N) is 2. The van der Waals surface area contributed by atoms with Gasteiger partial charge in [-0.1, -0.05) is 0 Å². The van der Waals surface area contributed by atoms with Crippen molar-refractivity contribution in [1.29, 1.82) is 0 Å². The van der Waals surface area contributed by atoms with Crippen LogP contribution < -0.4 is 10.6 Å². The molecule has 2 rings (SSSR count). The zero-order valence-electron chi connectivity index (χ0n) is 9.10. The van der Waals surface area contributed by atoms with Gasteiger partial charge < -0.3 is 15.7 Å². The van der Waals surface area contributed by atoms with E-state index in [4.69, 9.17) is 5.11 Å². The first kappa shape index (κ1) is 12.0. The van der Waals surface area contributed by atoms with Crippen molar-refractivity contribution in [1.82, 2.24) is 15.6 Å². The van der Waals surface area contributed by atoms with Gasteiger partial charge >= 0.3 is 5.97 Å². The maximum absolute atomic E-state index is 11.8. The third kappa shape index (κ3) is 3.01. The van der Waals surface area contributed by atoms with E-state index >= 15 is 0 Å². The SMILES string of the molecule is O=C(O)c1csc(C(=O)NC2CCNCC2)n1. The van der Waals surface area contributed by atoms with Crippen LogP contribution in [0.25, 0.3) is 0 Å². The summed E-state index contributed by atoms with van der Waals surface area (Å²) in [5.41, 5.74) is -0.0783. The summed E-state index contributed by atoms with van der Waals surface area (Å²) in [6.07, 6.45) is 1.78. The summed E-state index contributed by atoms with van der Waals surface area (Å²) in [4.78, 5) is 26.2. The van der Waals surface area contributed by atoms with E-state index < -0.39 is 5.97 Å². The lowest BCUT2D eigenvalue weighted by Crippen LogP contribution is -2.42. The van der Waals surface area contributed by atoms with E-state index in [9.17, 15) is 9.59 Å². The summed E-state index contributed by atoms with van der Waals surface area (Å²) < 4.78 is 0. The van der Waals surface area contributed by atoms with E-state index in [1.54, 1.807) is 0 Å². The van der Waals surface area contributed by atoms with Crippen LogP contribution in [0.1, 0.15) is 33.1 Å². The van der Waals surface area contributed by atoms with E-state index in [-0.39, 0.29) is 22.7 Å². The molecule has 0 unspecified atom stereocenters. The number of carbonyl (C=O) groups excluding carboxylic acids is 1. The van der Waals surface area contributed by atoms with Crippen LogP contribution in [0, 0.1) is 0 Å². The van der Waals surface area contributed by atoms with Gasteiger partial charge in [0.1, 0.15) is 0 Å². The molecule has 2 heterocycles. The van der Waals surface area contributed by atoms with E-state index in [0.29, 0.717) is 0 Å². The van der Waals surface area contributed by atoms with Crippen molar-refractivity contribution in [3.05, 3.63) is 16.1 Å². The lowest BCUT2D eigenvalue weighted by atomic mass is 10.1. The molecule has 1 aromatic heterocycles. The Labute approximate surface area is 102 Å². The average Bonchev–Trinajstić information content (AvgIpc) is 2.79. The Kier molecular flexibility index (Phi) is 3.70. The molecule has 17 heavy (non-hydrogen) atoms. The van der Waals surface area contributed by atoms with Crippen LogP contribution in [0.4, 0.5) is 0 Å². The molecule has 7 heteroatoms. The number of carbonyl (C=O) groups is 2. The maximum Gasteiger partial charge on any atom is 0.355 e. The summed E-state index contributed by atoms with van der Waals surface area (Å²) >= 11 is 1.05. The molecule has 92 valence electrons. The fraction of sp³-hybridized carbons (Fsp3) is 0.500. The number of rotatable bonds is 3. The number of hydrogen-bond donors (Lipinski definition) is 3. The Morgan fingerprint density at radius 1 is 1.47 bits per heavy atom. The van der Waals surface area contributed by atoms with Crippen LogP contribution >= 0.6 is 11.3 Å². The van der Waals surface area contributed by atoms with Gasteiger partial charge in [0.15, 0.2) is 10.7 Å². The van der Waals surface area contributed by atoms with E-state index in [1.165, 1.54) is 5.38 Å². The number of thiazole rings is 1.